The topological polar surface area (TPSA) is 47.1 Å². The van der Waals surface area contributed by atoms with Crippen molar-refractivity contribution in [3.63, 3.8) is 0 Å². The fourth-order valence-corrected chi connectivity index (χ4v) is 2.88. The van der Waals surface area contributed by atoms with Crippen LogP contribution in [0.3, 0.4) is 0 Å². The van der Waals surface area contributed by atoms with Crippen molar-refractivity contribution >= 4 is 11.5 Å². The monoisotopic (exact) mass is 250 g/mol. The maximum absolute atomic E-state index is 6.28. The number of aryl methyl sites for hydroxylation is 1. The maximum Gasteiger partial charge on any atom is 0.150 e. The Bertz CT molecular complexity index is 420. The van der Waals surface area contributed by atoms with E-state index in [-0.39, 0.29) is 0 Å². The van der Waals surface area contributed by atoms with Crippen LogP contribution in [0.5, 0.6) is 0 Å². The van der Waals surface area contributed by atoms with E-state index in [1.54, 1.807) is 0 Å². The quantitative estimate of drug-likeness (QED) is 0.897. The average molecular weight is 250 g/mol. The molecular weight excluding hydrogens is 224 g/mol. The normalized spacial score (nSPS) is 20.4. The van der Waals surface area contributed by atoms with E-state index in [4.69, 9.17) is 5.73 Å². The number of hydrogen-bond donors (Lipinski definition) is 1. The summed E-state index contributed by atoms with van der Waals surface area (Å²) in [5.41, 5.74) is 8.18. The Kier molecular flexibility index (Phi) is 3.55. The van der Waals surface area contributed by atoms with Crippen LogP contribution in [0.25, 0.3) is 0 Å². The molecule has 0 aliphatic carbocycles. The average Bonchev–Trinajstić information content (AvgIpc) is 2.83. The minimum absolute atomic E-state index is 0.383. The van der Waals surface area contributed by atoms with Crippen LogP contribution >= 0.6 is 0 Å². The van der Waals surface area contributed by atoms with Gasteiger partial charge in [-0.1, -0.05) is 27.7 Å². The minimum atomic E-state index is 0.383. The molecule has 4 nitrogen and oxygen atoms in total. The second-order valence-electron chi connectivity index (χ2n) is 6.14. The van der Waals surface area contributed by atoms with Gasteiger partial charge in [-0.25, -0.2) is 0 Å². The molecular formula is C14H26N4. The number of hydrogen-bond acceptors (Lipinski definition) is 3. The zero-order valence-electron chi connectivity index (χ0n) is 12.3. The Morgan fingerprint density at radius 2 is 1.94 bits per heavy atom. The highest BCUT2D eigenvalue weighted by Gasteiger charge is 2.29. The van der Waals surface area contributed by atoms with Crippen molar-refractivity contribution in [2.75, 3.05) is 23.7 Å². The minimum Gasteiger partial charge on any atom is -0.394 e. The SMILES string of the molecule is CC(C)c1nn(C)c(N2CCC(C(C)C)C2)c1N. The second-order valence-corrected chi connectivity index (χ2v) is 6.14. The van der Waals surface area contributed by atoms with Crippen LogP contribution in [0.1, 0.15) is 45.7 Å². The van der Waals surface area contributed by atoms with Crippen LogP contribution < -0.4 is 10.6 Å². The Morgan fingerprint density at radius 1 is 1.28 bits per heavy atom. The third kappa shape index (κ3) is 2.20. The molecule has 4 heteroatoms. The maximum atomic E-state index is 6.28. The zero-order valence-corrected chi connectivity index (χ0v) is 12.3. The van der Waals surface area contributed by atoms with Gasteiger partial charge in [-0.15, -0.1) is 0 Å². The lowest BCUT2D eigenvalue weighted by atomic mass is 9.95. The van der Waals surface area contributed by atoms with Crippen LogP contribution in [0.2, 0.25) is 0 Å². The molecule has 1 aliphatic rings. The van der Waals surface area contributed by atoms with Crippen molar-refractivity contribution in [3.05, 3.63) is 5.69 Å². The summed E-state index contributed by atoms with van der Waals surface area (Å²) in [5, 5.41) is 4.57. The van der Waals surface area contributed by atoms with Crippen LogP contribution in [-0.4, -0.2) is 22.9 Å². The molecule has 102 valence electrons. The molecule has 18 heavy (non-hydrogen) atoms. The van der Waals surface area contributed by atoms with Gasteiger partial charge in [0.25, 0.3) is 0 Å². The summed E-state index contributed by atoms with van der Waals surface area (Å²) < 4.78 is 1.95. The van der Waals surface area contributed by atoms with Crippen molar-refractivity contribution in [3.8, 4) is 0 Å². The van der Waals surface area contributed by atoms with Gasteiger partial charge in [0.1, 0.15) is 5.82 Å². The third-order valence-corrected chi connectivity index (χ3v) is 4.10. The van der Waals surface area contributed by atoms with Crippen molar-refractivity contribution in [1.82, 2.24) is 9.78 Å². The van der Waals surface area contributed by atoms with Crippen LogP contribution in [0.4, 0.5) is 11.5 Å². The van der Waals surface area contributed by atoms with Crippen molar-refractivity contribution < 1.29 is 0 Å². The molecule has 2 N–H and O–H groups in total. The molecule has 0 radical (unpaired) electrons. The molecule has 0 amide bonds. The summed E-state index contributed by atoms with van der Waals surface area (Å²) in [7, 11) is 2.00. The van der Waals surface area contributed by atoms with Gasteiger partial charge < -0.3 is 10.6 Å². The Hall–Kier alpha value is -1.19. The predicted octanol–water partition coefficient (Wildman–Crippen LogP) is 2.61. The number of nitrogens with two attached hydrogens (primary N) is 1. The first kappa shape index (κ1) is 13.2. The molecule has 1 unspecified atom stereocenters. The molecule has 1 aliphatic heterocycles. The van der Waals surface area contributed by atoms with Gasteiger partial charge in [-0.2, -0.15) is 5.10 Å². The van der Waals surface area contributed by atoms with Gasteiger partial charge in [0.05, 0.1) is 11.4 Å². The molecule has 2 rings (SSSR count). The number of aromatic nitrogens is 2. The summed E-state index contributed by atoms with van der Waals surface area (Å²) in [6.07, 6.45) is 1.26. The van der Waals surface area contributed by atoms with Crippen molar-refractivity contribution in [2.24, 2.45) is 18.9 Å². The molecule has 0 saturated carbocycles. The molecule has 1 fully saturated rings. The molecule has 0 bridgehead atoms. The van der Waals surface area contributed by atoms with Crippen LogP contribution in [-0.2, 0) is 7.05 Å². The lowest BCUT2D eigenvalue weighted by Crippen LogP contribution is -2.24. The molecule has 1 saturated heterocycles. The van der Waals surface area contributed by atoms with E-state index in [1.165, 1.54) is 6.42 Å². The highest BCUT2D eigenvalue weighted by atomic mass is 15.4. The Balaban J connectivity index is 2.25. The van der Waals surface area contributed by atoms with E-state index in [2.05, 4.69) is 37.7 Å². The number of nitrogen functional groups attached to an aromatic ring is 1. The van der Waals surface area contributed by atoms with Crippen molar-refractivity contribution in [2.45, 2.75) is 40.0 Å². The van der Waals surface area contributed by atoms with E-state index >= 15 is 0 Å². The fraction of sp³-hybridized carbons (Fsp3) is 0.786. The first-order valence-electron chi connectivity index (χ1n) is 6.99. The smallest absolute Gasteiger partial charge is 0.150 e. The lowest BCUT2D eigenvalue weighted by molar-refractivity contribution is 0.422. The lowest BCUT2D eigenvalue weighted by Gasteiger charge is -2.20. The number of nitrogens with zero attached hydrogens (tertiary/aromatic N) is 3. The molecule has 0 aromatic carbocycles. The van der Waals surface area contributed by atoms with Crippen molar-refractivity contribution in [1.29, 1.82) is 0 Å². The molecule has 1 aromatic rings. The fourth-order valence-electron chi connectivity index (χ4n) is 2.88. The largest absolute Gasteiger partial charge is 0.394 e. The molecule has 0 spiro atoms. The first-order valence-corrected chi connectivity index (χ1v) is 6.99. The van der Waals surface area contributed by atoms with E-state index in [9.17, 15) is 0 Å². The first-order chi connectivity index (χ1) is 8.41. The van der Waals surface area contributed by atoms with Gasteiger partial charge in [-0.05, 0) is 24.2 Å². The highest BCUT2D eigenvalue weighted by molar-refractivity contribution is 5.67. The van der Waals surface area contributed by atoms with E-state index in [1.807, 2.05) is 11.7 Å². The van der Waals surface area contributed by atoms with E-state index < -0.39 is 0 Å². The molecule has 2 heterocycles. The second kappa shape index (κ2) is 4.82. The summed E-state index contributed by atoms with van der Waals surface area (Å²) >= 11 is 0. The van der Waals surface area contributed by atoms with Crippen LogP contribution in [0, 0.1) is 11.8 Å². The highest BCUT2D eigenvalue weighted by Crippen LogP contribution is 2.35. The summed E-state index contributed by atoms with van der Waals surface area (Å²) in [5.74, 6) is 3.02. The summed E-state index contributed by atoms with van der Waals surface area (Å²) in [6.45, 7) is 11.1. The van der Waals surface area contributed by atoms with Gasteiger partial charge in [0, 0.05) is 20.1 Å². The standard InChI is InChI=1S/C14H26N4/c1-9(2)11-6-7-18(8-11)14-12(15)13(10(3)4)16-17(14)5/h9-11H,6-8,15H2,1-5H3. The van der Waals surface area contributed by atoms with E-state index in [0.717, 1.165) is 42.1 Å². The van der Waals surface area contributed by atoms with Crippen LogP contribution in [0.15, 0.2) is 0 Å². The third-order valence-electron chi connectivity index (χ3n) is 4.10. The van der Waals surface area contributed by atoms with Gasteiger partial charge in [0.2, 0.25) is 0 Å². The van der Waals surface area contributed by atoms with E-state index in [0.29, 0.717) is 5.92 Å². The summed E-state index contributed by atoms with van der Waals surface area (Å²) in [6, 6.07) is 0. The molecule has 1 atom stereocenters. The van der Waals surface area contributed by atoms with Gasteiger partial charge in [-0.3, -0.25) is 4.68 Å². The molecule has 1 aromatic heterocycles. The Labute approximate surface area is 110 Å². The predicted molar refractivity (Wildman–Crippen MR) is 76.9 cm³/mol. The number of rotatable bonds is 3. The van der Waals surface area contributed by atoms with Gasteiger partial charge >= 0.3 is 0 Å². The zero-order chi connectivity index (χ0) is 13.4. The Morgan fingerprint density at radius 3 is 2.39 bits per heavy atom. The summed E-state index contributed by atoms with van der Waals surface area (Å²) in [4.78, 5) is 2.40. The number of anilines is 2. The van der Waals surface area contributed by atoms with Gasteiger partial charge in [0.15, 0.2) is 0 Å².